The number of aromatic nitrogens is 1. The van der Waals surface area contributed by atoms with Gasteiger partial charge in [0.25, 0.3) is 5.91 Å². The number of nitrogens with zero attached hydrogens (tertiary/aromatic N) is 2. The monoisotopic (exact) mass is 409 g/mol. The average Bonchev–Trinajstić information content (AvgIpc) is 2.96. The SMILES string of the molecule is CCOC(=O)N1CCc2nc(NC(=O)c3ccccc3Br)sc2C1. The lowest BCUT2D eigenvalue weighted by Gasteiger charge is -2.24. The molecule has 1 aromatic heterocycles. The molecule has 8 heteroatoms. The summed E-state index contributed by atoms with van der Waals surface area (Å²) in [4.78, 5) is 31.3. The van der Waals surface area contributed by atoms with Gasteiger partial charge in [-0.25, -0.2) is 9.78 Å². The van der Waals surface area contributed by atoms with Crippen molar-refractivity contribution in [2.75, 3.05) is 18.5 Å². The number of rotatable bonds is 3. The normalized spacial score (nSPS) is 13.3. The van der Waals surface area contributed by atoms with Gasteiger partial charge >= 0.3 is 6.09 Å². The Hall–Kier alpha value is -1.93. The van der Waals surface area contributed by atoms with Gasteiger partial charge in [-0.15, -0.1) is 0 Å². The van der Waals surface area contributed by atoms with Gasteiger partial charge in [-0.2, -0.15) is 0 Å². The zero-order valence-corrected chi connectivity index (χ0v) is 15.4. The Bertz CT molecular complexity index is 778. The zero-order valence-electron chi connectivity index (χ0n) is 13.0. The van der Waals surface area contributed by atoms with Crippen LogP contribution in [0.4, 0.5) is 9.93 Å². The molecular weight excluding hydrogens is 394 g/mol. The van der Waals surface area contributed by atoms with E-state index in [1.807, 2.05) is 18.2 Å². The summed E-state index contributed by atoms with van der Waals surface area (Å²) < 4.78 is 5.77. The molecule has 24 heavy (non-hydrogen) atoms. The Balaban J connectivity index is 1.71. The highest BCUT2D eigenvalue weighted by Crippen LogP contribution is 2.29. The summed E-state index contributed by atoms with van der Waals surface area (Å²) in [6, 6.07) is 7.23. The van der Waals surface area contributed by atoms with Gasteiger partial charge in [-0.05, 0) is 35.0 Å². The molecule has 0 atom stereocenters. The summed E-state index contributed by atoms with van der Waals surface area (Å²) in [5, 5.41) is 3.38. The van der Waals surface area contributed by atoms with Crippen LogP contribution in [0.1, 0.15) is 27.9 Å². The third-order valence-electron chi connectivity index (χ3n) is 3.60. The number of ether oxygens (including phenoxy) is 1. The lowest BCUT2D eigenvalue weighted by Crippen LogP contribution is -2.35. The fourth-order valence-electron chi connectivity index (χ4n) is 2.43. The lowest BCUT2D eigenvalue weighted by molar-refractivity contribution is 0.102. The molecule has 0 saturated carbocycles. The van der Waals surface area contributed by atoms with Crippen molar-refractivity contribution in [3.8, 4) is 0 Å². The minimum atomic E-state index is -0.310. The van der Waals surface area contributed by atoms with Crippen molar-refractivity contribution in [1.82, 2.24) is 9.88 Å². The maximum atomic E-state index is 12.3. The molecule has 1 aliphatic heterocycles. The molecule has 1 aromatic carbocycles. The van der Waals surface area contributed by atoms with Crippen molar-refractivity contribution in [2.45, 2.75) is 19.9 Å². The minimum Gasteiger partial charge on any atom is -0.450 e. The number of nitrogens with one attached hydrogen (secondary N) is 1. The maximum Gasteiger partial charge on any atom is 0.410 e. The average molecular weight is 410 g/mol. The number of carbonyl (C=O) groups is 2. The highest BCUT2D eigenvalue weighted by Gasteiger charge is 2.25. The summed E-state index contributed by atoms with van der Waals surface area (Å²) in [6.07, 6.45) is 0.352. The largest absolute Gasteiger partial charge is 0.450 e. The molecule has 0 radical (unpaired) electrons. The molecule has 0 unspecified atom stereocenters. The Morgan fingerprint density at radius 2 is 2.21 bits per heavy atom. The first-order valence-corrected chi connectivity index (χ1v) is 9.15. The molecule has 0 spiro atoms. The molecule has 126 valence electrons. The third kappa shape index (κ3) is 3.59. The van der Waals surface area contributed by atoms with Crippen molar-refractivity contribution in [3.05, 3.63) is 44.9 Å². The lowest BCUT2D eigenvalue weighted by atomic mass is 10.2. The maximum absolute atomic E-state index is 12.3. The summed E-state index contributed by atoms with van der Waals surface area (Å²) >= 11 is 4.77. The van der Waals surface area contributed by atoms with E-state index in [-0.39, 0.29) is 12.0 Å². The molecule has 0 aliphatic carbocycles. The first-order valence-electron chi connectivity index (χ1n) is 7.54. The smallest absolute Gasteiger partial charge is 0.410 e. The van der Waals surface area contributed by atoms with E-state index < -0.39 is 0 Å². The van der Waals surface area contributed by atoms with E-state index in [4.69, 9.17) is 4.74 Å². The molecule has 6 nitrogen and oxygen atoms in total. The number of fused-ring (bicyclic) bond motifs is 1. The second-order valence-electron chi connectivity index (χ2n) is 5.19. The van der Waals surface area contributed by atoms with Crippen molar-refractivity contribution in [3.63, 3.8) is 0 Å². The molecule has 0 bridgehead atoms. The van der Waals surface area contributed by atoms with E-state index in [0.29, 0.717) is 36.8 Å². The zero-order chi connectivity index (χ0) is 17.1. The standard InChI is InChI=1S/C16H16BrN3O3S/c1-2-23-16(22)20-8-7-12-13(9-20)24-15(18-12)19-14(21)10-5-3-4-6-11(10)17/h3-6H,2,7-9H2,1H3,(H,18,19,21). The molecule has 1 aliphatic rings. The summed E-state index contributed by atoms with van der Waals surface area (Å²) in [7, 11) is 0. The fraction of sp³-hybridized carbons (Fsp3) is 0.312. The van der Waals surface area contributed by atoms with Crippen LogP contribution in [0, 0.1) is 0 Å². The van der Waals surface area contributed by atoms with Gasteiger partial charge in [0.15, 0.2) is 5.13 Å². The number of benzene rings is 1. The van der Waals surface area contributed by atoms with Crippen LogP contribution in [0.15, 0.2) is 28.7 Å². The number of carbonyl (C=O) groups excluding carboxylic acids is 2. The summed E-state index contributed by atoms with van der Waals surface area (Å²) in [6.45, 7) is 3.19. The second-order valence-corrected chi connectivity index (χ2v) is 7.13. The Morgan fingerprint density at radius 3 is 2.96 bits per heavy atom. The first kappa shape index (κ1) is 16.9. The van der Waals surface area contributed by atoms with Crippen molar-refractivity contribution in [2.24, 2.45) is 0 Å². The molecule has 2 aromatic rings. The van der Waals surface area contributed by atoms with E-state index in [1.54, 1.807) is 17.9 Å². The van der Waals surface area contributed by atoms with Gasteiger partial charge in [-0.3, -0.25) is 10.1 Å². The van der Waals surface area contributed by atoms with Crippen LogP contribution < -0.4 is 5.32 Å². The van der Waals surface area contributed by atoms with Gasteiger partial charge in [0.1, 0.15) is 0 Å². The molecule has 0 fully saturated rings. The Labute approximate surface area is 152 Å². The van der Waals surface area contributed by atoms with E-state index in [9.17, 15) is 9.59 Å². The van der Waals surface area contributed by atoms with Gasteiger partial charge in [0, 0.05) is 22.3 Å². The van der Waals surface area contributed by atoms with Crippen LogP contribution in [-0.2, 0) is 17.7 Å². The van der Waals surface area contributed by atoms with Gasteiger partial charge in [-0.1, -0.05) is 23.5 Å². The molecule has 3 rings (SSSR count). The van der Waals surface area contributed by atoms with Gasteiger partial charge in [0.2, 0.25) is 0 Å². The predicted octanol–water partition coefficient (Wildman–Crippen LogP) is 3.67. The predicted molar refractivity (Wildman–Crippen MR) is 95.3 cm³/mol. The molecule has 1 N–H and O–H groups in total. The first-order chi connectivity index (χ1) is 11.6. The Morgan fingerprint density at radius 1 is 1.42 bits per heavy atom. The van der Waals surface area contributed by atoms with Crippen LogP contribution in [0.5, 0.6) is 0 Å². The molecule has 0 saturated heterocycles. The number of anilines is 1. The number of halogens is 1. The Kier molecular flexibility index (Phi) is 5.15. The third-order valence-corrected chi connectivity index (χ3v) is 5.29. The van der Waals surface area contributed by atoms with E-state index in [2.05, 4.69) is 26.2 Å². The van der Waals surface area contributed by atoms with Crippen molar-refractivity contribution < 1.29 is 14.3 Å². The van der Waals surface area contributed by atoms with Crippen LogP contribution in [0.25, 0.3) is 0 Å². The van der Waals surface area contributed by atoms with Gasteiger partial charge < -0.3 is 9.64 Å². The minimum absolute atomic E-state index is 0.212. The second kappa shape index (κ2) is 7.31. The van der Waals surface area contributed by atoms with E-state index in [1.165, 1.54) is 11.3 Å². The summed E-state index contributed by atoms with van der Waals surface area (Å²) in [5.74, 6) is -0.212. The molecular formula is C16H16BrN3O3S. The quantitative estimate of drug-likeness (QED) is 0.838. The number of hydrogen-bond donors (Lipinski definition) is 1. The highest BCUT2D eigenvalue weighted by molar-refractivity contribution is 9.10. The number of amides is 2. The van der Waals surface area contributed by atoms with Crippen LogP contribution in [0.2, 0.25) is 0 Å². The van der Waals surface area contributed by atoms with E-state index >= 15 is 0 Å². The topological polar surface area (TPSA) is 71.5 Å². The van der Waals surface area contributed by atoms with Crippen LogP contribution >= 0.6 is 27.3 Å². The highest BCUT2D eigenvalue weighted by atomic mass is 79.9. The molecule has 2 amide bonds. The molecule has 2 heterocycles. The van der Waals surface area contributed by atoms with Gasteiger partial charge in [0.05, 0.1) is 24.4 Å². The van der Waals surface area contributed by atoms with Crippen molar-refractivity contribution in [1.29, 1.82) is 0 Å². The van der Waals surface area contributed by atoms with Crippen molar-refractivity contribution >= 4 is 44.4 Å². The number of hydrogen-bond acceptors (Lipinski definition) is 5. The van der Waals surface area contributed by atoms with E-state index in [0.717, 1.165) is 15.0 Å². The number of thiazole rings is 1. The fourth-order valence-corrected chi connectivity index (χ4v) is 3.91. The summed E-state index contributed by atoms with van der Waals surface area (Å²) in [5.41, 5.74) is 1.49. The van der Waals surface area contributed by atoms with Crippen LogP contribution in [0.3, 0.4) is 0 Å². The van der Waals surface area contributed by atoms with Crippen LogP contribution in [-0.4, -0.2) is 35.0 Å².